The first-order valence-electron chi connectivity index (χ1n) is 9.57. The molecule has 0 fully saturated rings. The van der Waals surface area contributed by atoms with Crippen LogP contribution < -0.4 is 4.74 Å². The highest BCUT2D eigenvalue weighted by atomic mass is 16.6. The minimum absolute atomic E-state index is 0.0125. The smallest absolute Gasteiger partial charge is 0.350 e. The molecule has 0 radical (unpaired) electrons. The van der Waals surface area contributed by atoms with Crippen LogP contribution in [0.3, 0.4) is 0 Å². The predicted octanol–water partition coefficient (Wildman–Crippen LogP) is 1.75. The number of rotatable bonds is 3. The van der Waals surface area contributed by atoms with Crippen molar-refractivity contribution < 1.29 is 44.6 Å². The zero-order valence-electron chi connectivity index (χ0n) is 16.2. The first-order valence-corrected chi connectivity index (χ1v) is 9.57. The van der Waals surface area contributed by atoms with Gasteiger partial charge < -0.3 is 35.0 Å². The van der Waals surface area contributed by atoms with Gasteiger partial charge in [0.25, 0.3) is 0 Å². The summed E-state index contributed by atoms with van der Waals surface area (Å²) in [4.78, 5) is 24.9. The number of hydrogen-bond acceptors (Lipinski definition) is 9. The van der Waals surface area contributed by atoms with E-state index in [0.29, 0.717) is 12.0 Å². The SMILES string of the molecule is O=C1CCC=CC1(O)C(=O)OC1Cc2c(O)cc(O)cc2OC1c1ccc(O)c(O)c1. The molecule has 0 spiro atoms. The average molecular weight is 428 g/mol. The number of ketones is 1. The molecular weight excluding hydrogens is 408 g/mol. The van der Waals surface area contributed by atoms with Crippen LogP contribution in [0.15, 0.2) is 42.5 Å². The summed E-state index contributed by atoms with van der Waals surface area (Å²) in [7, 11) is 0. The predicted molar refractivity (Wildman–Crippen MR) is 105 cm³/mol. The van der Waals surface area contributed by atoms with Crippen molar-refractivity contribution in [2.24, 2.45) is 0 Å². The van der Waals surface area contributed by atoms with E-state index < -0.39 is 35.3 Å². The maximum absolute atomic E-state index is 12.8. The second-order valence-electron chi connectivity index (χ2n) is 7.51. The molecule has 1 aliphatic heterocycles. The molecule has 31 heavy (non-hydrogen) atoms. The number of benzene rings is 2. The van der Waals surface area contributed by atoms with Gasteiger partial charge >= 0.3 is 5.97 Å². The Labute approximate surface area is 176 Å². The molecule has 0 amide bonds. The molecule has 5 N–H and O–H groups in total. The van der Waals surface area contributed by atoms with Gasteiger partial charge in [-0.2, -0.15) is 0 Å². The summed E-state index contributed by atoms with van der Waals surface area (Å²) in [5.41, 5.74) is -1.84. The van der Waals surface area contributed by atoms with Crippen molar-refractivity contribution in [3.63, 3.8) is 0 Å². The first kappa shape index (κ1) is 20.5. The number of ether oxygens (including phenoxy) is 2. The Bertz CT molecular complexity index is 1090. The van der Waals surface area contributed by atoms with Crippen molar-refractivity contribution in [1.29, 1.82) is 0 Å². The van der Waals surface area contributed by atoms with Crippen LogP contribution >= 0.6 is 0 Å². The van der Waals surface area contributed by atoms with Gasteiger partial charge in [0, 0.05) is 36.1 Å². The van der Waals surface area contributed by atoms with E-state index in [-0.39, 0.29) is 41.4 Å². The molecule has 3 atom stereocenters. The fourth-order valence-electron chi connectivity index (χ4n) is 3.71. The third-order valence-corrected chi connectivity index (χ3v) is 5.39. The van der Waals surface area contributed by atoms with E-state index in [9.17, 15) is 35.1 Å². The van der Waals surface area contributed by atoms with Crippen molar-refractivity contribution in [2.45, 2.75) is 37.1 Å². The van der Waals surface area contributed by atoms with Gasteiger partial charge in [0.2, 0.25) is 5.60 Å². The maximum atomic E-state index is 12.8. The van der Waals surface area contributed by atoms with Gasteiger partial charge in [-0.05, 0) is 24.6 Å². The monoisotopic (exact) mass is 428 g/mol. The van der Waals surface area contributed by atoms with Gasteiger partial charge in [-0.25, -0.2) is 4.79 Å². The minimum Gasteiger partial charge on any atom is -0.508 e. The lowest BCUT2D eigenvalue weighted by Gasteiger charge is -2.35. The lowest BCUT2D eigenvalue weighted by molar-refractivity contribution is -0.175. The lowest BCUT2D eigenvalue weighted by atomic mass is 9.89. The first-order chi connectivity index (χ1) is 14.7. The number of phenols is 4. The Hall–Kier alpha value is -3.72. The van der Waals surface area contributed by atoms with Gasteiger partial charge in [-0.1, -0.05) is 12.1 Å². The molecule has 9 heteroatoms. The average Bonchev–Trinajstić information content (AvgIpc) is 2.72. The number of carbonyl (C=O) groups excluding carboxylic acids is 2. The molecule has 4 rings (SSSR count). The van der Waals surface area contributed by atoms with Crippen molar-refractivity contribution in [1.82, 2.24) is 0 Å². The molecule has 9 nitrogen and oxygen atoms in total. The highest BCUT2D eigenvalue weighted by Gasteiger charge is 2.47. The third-order valence-electron chi connectivity index (χ3n) is 5.39. The van der Waals surface area contributed by atoms with Gasteiger partial charge in [-0.15, -0.1) is 0 Å². The van der Waals surface area contributed by atoms with Crippen LogP contribution in [-0.2, 0) is 20.7 Å². The van der Waals surface area contributed by atoms with Crippen LogP contribution in [-0.4, -0.2) is 49.0 Å². The van der Waals surface area contributed by atoms with E-state index in [1.807, 2.05) is 0 Å². The fraction of sp³-hybridized carbons (Fsp3) is 0.273. The van der Waals surface area contributed by atoms with Crippen LogP contribution in [0.5, 0.6) is 28.7 Å². The molecule has 3 unspecified atom stereocenters. The molecule has 162 valence electrons. The van der Waals surface area contributed by atoms with Crippen molar-refractivity contribution in [2.75, 3.05) is 0 Å². The Morgan fingerprint density at radius 2 is 1.84 bits per heavy atom. The van der Waals surface area contributed by atoms with Crippen LogP contribution in [0.25, 0.3) is 0 Å². The molecule has 1 heterocycles. The topological polar surface area (TPSA) is 154 Å². The Kier molecular flexibility index (Phi) is 4.98. The maximum Gasteiger partial charge on any atom is 0.350 e. The summed E-state index contributed by atoms with van der Waals surface area (Å²) in [6.45, 7) is 0. The van der Waals surface area contributed by atoms with Gasteiger partial charge in [0.05, 0.1) is 0 Å². The zero-order chi connectivity index (χ0) is 22.3. The van der Waals surface area contributed by atoms with Crippen LogP contribution in [0.2, 0.25) is 0 Å². The number of carbonyl (C=O) groups is 2. The summed E-state index contributed by atoms with van der Waals surface area (Å²) >= 11 is 0. The summed E-state index contributed by atoms with van der Waals surface area (Å²) in [5, 5.41) is 50.0. The number of fused-ring (bicyclic) bond motifs is 1. The molecule has 2 aromatic rings. The minimum atomic E-state index is -2.42. The quantitative estimate of drug-likeness (QED) is 0.213. The molecule has 1 aliphatic carbocycles. The Balaban J connectivity index is 1.72. The highest BCUT2D eigenvalue weighted by Crippen LogP contribution is 2.44. The summed E-state index contributed by atoms with van der Waals surface area (Å²) in [6, 6.07) is 6.27. The summed E-state index contributed by atoms with van der Waals surface area (Å²) in [5.74, 6) is -3.06. The summed E-state index contributed by atoms with van der Waals surface area (Å²) < 4.78 is 11.3. The normalized spacial score (nSPS) is 24.9. The second-order valence-corrected chi connectivity index (χ2v) is 7.51. The van der Waals surface area contributed by atoms with Crippen molar-refractivity contribution in [3.05, 3.63) is 53.6 Å². The number of Topliss-reactive ketones (excluding diaryl/α,β-unsaturated/α-hetero) is 1. The number of phenolic OH excluding ortho intramolecular Hbond substituents is 4. The Morgan fingerprint density at radius 3 is 2.55 bits per heavy atom. The van der Waals surface area contributed by atoms with E-state index in [4.69, 9.17) is 9.47 Å². The van der Waals surface area contributed by atoms with Crippen LogP contribution in [0.1, 0.15) is 30.1 Å². The number of allylic oxidation sites excluding steroid dienone is 1. The van der Waals surface area contributed by atoms with E-state index in [0.717, 1.165) is 12.1 Å². The number of hydrogen-bond donors (Lipinski definition) is 5. The molecule has 0 saturated heterocycles. The second kappa shape index (κ2) is 7.51. The molecule has 2 aromatic carbocycles. The largest absolute Gasteiger partial charge is 0.508 e. The van der Waals surface area contributed by atoms with Crippen molar-refractivity contribution >= 4 is 11.8 Å². The number of aromatic hydroxyl groups is 4. The fourth-order valence-corrected chi connectivity index (χ4v) is 3.71. The summed E-state index contributed by atoms with van der Waals surface area (Å²) in [6.07, 6.45) is 0.799. The molecule has 0 aromatic heterocycles. The Morgan fingerprint density at radius 1 is 1.06 bits per heavy atom. The van der Waals surface area contributed by atoms with Crippen LogP contribution in [0.4, 0.5) is 0 Å². The molecular formula is C22H20O9. The van der Waals surface area contributed by atoms with E-state index >= 15 is 0 Å². The van der Waals surface area contributed by atoms with Gasteiger partial charge in [-0.3, -0.25) is 4.79 Å². The van der Waals surface area contributed by atoms with Crippen LogP contribution in [0, 0.1) is 0 Å². The lowest BCUT2D eigenvalue weighted by Crippen LogP contribution is -2.49. The van der Waals surface area contributed by atoms with E-state index in [2.05, 4.69) is 0 Å². The zero-order valence-corrected chi connectivity index (χ0v) is 16.2. The van der Waals surface area contributed by atoms with Crippen molar-refractivity contribution in [3.8, 4) is 28.7 Å². The van der Waals surface area contributed by atoms with E-state index in [1.165, 1.54) is 30.3 Å². The third kappa shape index (κ3) is 3.64. The number of esters is 1. The van der Waals surface area contributed by atoms with E-state index in [1.54, 1.807) is 0 Å². The van der Waals surface area contributed by atoms with Gasteiger partial charge in [0.1, 0.15) is 23.4 Å². The number of aliphatic hydroxyl groups is 1. The van der Waals surface area contributed by atoms with Gasteiger partial charge in [0.15, 0.2) is 23.4 Å². The molecule has 2 aliphatic rings. The standard InChI is InChI=1S/C22H20O9/c23-12-8-15(25)13-10-18(31-21(28)22(29)6-2-1-3-19(22)27)20(30-17(13)9-12)11-4-5-14(24)16(26)7-11/h2,4-9,18,20,23-26,29H,1,3,10H2. The molecule has 0 bridgehead atoms. The highest BCUT2D eigenvalue weighted by molar-refractivity contribution is 6.09. The molecule has 0 saturated carbocycles.